The molecule has 0 atom stereocenters. The molecule has 0 bridgehead atoms. The first-order valence-corrected chi connectivity index (χ1v) is 4.79. The lowest BCUT2D eigenvalue weighted by Gasteiger charge is -2.16. The zero-order chi connectivity index (χ0) is 9.42. The van der Waals surface area contributed by atoms with Crippen LogP contribution in [0, 0.1) is 6.92 Å². The maximum Gasteiger partial charge on any atom is 0.552 e. The fourth-order valence-electron chi connectivity index (χ4n) is 1.26. The zero-order valence-electron chi connectivity index (χ0n) is 7.12. The molecule has 1 aromatic carbocycles. The summed E-state index contributed by atoms with van der Waals surface area (Å²) in [5.41, 5.74) is 2.09. The summed E-state index contributed by atoms with van der Waals surface area (Å²) in [6.07, 6.45) is 1.85. The number of aryl methyl sites for hydroxylation is 1. The average Bonchev–Trinajstić information content (AvgIpc) is 2.08. The summed E-state index contributed by atoms with van der Waals surface area (Å²) in [7, 11) is -0.812. The highest BCUT2D eigenvalue weighted by Gasteiger charge is 2.18. The molecule has 2 rings (SSSR count). The third kappa shape index (κ3) is 1.64. The van der Waals surface area contributed by atoms with E-state index < -0.39 is 7.12 Å². The van der Waals surface area contributed by atoms with Crippen LogP contribution in [0.25, 0.3) is 6.08 Å². The van der Waals surface area contributed by atoms with Crippen molar-refractivity contribution in [1.82, 2.24) is 0 Å². The molecule has 1 heterocycles. The third-order valence-corrected chi connectivity index (χ3v) is 2.83. The molecule has 13 heavy (non-hydrogen) atoms. The molecule has 4 heteroatoms. The Morgan fingerprint density at radius 3 is 3.00 bits per heavy atom. The lowest BCUT2D eigenvalue weighted by molar-refractivity contribution is 0.428. The molecule has 0 spiro atoms. The molecule has 0 aromatic heterocycles. The summed E-state index contributed by atoms with van der Waals surface area (Å²) in [5.74, 6) is 2.35. The molecule has 66 valence electrons. The summed E-state index contributed by atoms with van der Waals surface area (Å²) < 4.78 is 6.27. The van der Waals surface area contributed by atoms with Gasteiger partial charge < -0.3 is 9.68 Å². The van der Waals surface area contributed by atoms with Crippen LogP contribution in [0.4, 0.5) is 0 Å². The number of fused-ring (bicyclic) bond motifs is 1. The molecule has 0 radical (unpaired) electrons. The fraction of sp³-hybridized carbons (Fsp3) is 0.111. The first-order valence-electron chi connectivity index (χ1n) is 4.00. The van der Waals surface area contributed by atoms with Crippen molar-refractivity contribution in [2.75, 3.05) is 0 Å². The van der Waals surface area contributed by atoms with E-state index in [1.165, 1.54) is 0 Å². The SMILES string of the molecule is Cc1cc2c(cc1Br)C=CB(O)O2. The summed E-state index contributed by atoms with van der Waals surface area (Å²) in [4.78, 5) is 0. The molecule has 1 N–H and O–H groups in total. The number of hydrogen-bond acceptors (Lipinski definition) is 2. The summed E-state index contributed by atoms with van der Waals surface area (Å²) in [6.45, 7) is 1.98. The van der Waals surface area contributed by atoms with Crippen molar-refractivity contribution in [3.63, 3.8) is 0 Å². The highest BCUT2D eigenvalue weighted by Crippen LogP contribution is 2.30. The molecule has 0 unspecified atom stereocenters. The lowest BCUT2D eigenvalue weighted by atomic mass is 9.86. The van der Waals surface area contributed by atoms with E-state index in [-0.39, 0.29) is 0 Å². The predicted octanol–water partition coefficient (Wildman–Crippen LogP) is 2.18. The lowest BCUT2D eigenvalue weighted by Crippen LogP contribution is -2.21. The monoisotopic (exact) mass is 238 g/mol. The van der Waals surface area contributed by atoms with Crippen LogP contribution in [0.1, 0.15) is 11.1 Å². The van der Waals surface area contributed by atoms with Crippen LogP contribution in [0.15, 0.2) is 22.6 Å². The largest absolute Gasteiger partial charge is 0.552 e. The molecular weight excluding hydrogens is 231 g/mol. The van der Waals surface area contributed by atoms with E-state index in [1.807, 2.05) is 25.1 Å². The second-order valence-corrected chi connectivity index (χ2v) is 3.86. The van der Waals surface area contributed by atoms with Gasteiger partial charge in [-0.15, -0.1) is 0 Å². The molecule has 2 nitrogen and oxygen atoms in total. The van der Waals surface area contributed by atoms with E-state index in [1.54, 1.807) is 5.98 Å². The van der Waals surface area contributed by atoms with Crippen molar-refractivity contribution in [3.8, 4) is 5.75 Å². The minimum atomic E-state index is -0.812. The standard InChI is InChI=1S/C9H8BBrO2/c1-6-4-9-7(5-8(6)11)2-3-10(12)13-9/h2-5,12H,1H3. The molecular formula is C9H8BBrO2. The number of halogens is 1. The summed E-state index contributed by atoms with van der Waals surface area (Å²) in [6, 6.07) is 3.89. The third-order valence-electron chi connectivity index (χ3n) is 1.98. The fourth-order valence-corrected chi connectivity index (χ4v) is 1.62. The van der Waals surface area contributed by atoms with Crippen molar-refractivity contribution >= 4 is 29.1 Å². The van der Waals surface area contributed by atoms with Gasteiger partial charge in [0.1, 0.15) is 5.75 Å². The number of rotatable bonds is 0. The molecule has 0 saturated carbocycles. The van der Waals surface area contributed by atoms with E-state index in [4.69, 9.17) is 4.65 Å². The summed E-state index contributed by atoms with van der Waals surface area (Å²) >= 11 is 3.44. The molecule has 1 aromatic rings. The first kappa shape index (κ1) is 8.85. The van der Waals surface area contributed by atoms with Gasteiger partial charge in [0.2, 0.25) is 0 Å². The van der Waals surface area contributed by atoms with Crippen molar-refractivity contribution in [2.45, 2.75) is 6.92 Å². The van der Waals surface area contributed by atoms with E-state index in [2.05, 4.69) is 15.9 Å². The maximum absolute atomic E-state index is 9.20. The van der Waals surface area contributed by atoms with Crippen molar-refractivity contribution in [3.05, 3.63) is 33.7 Å². The quantitative estimate of drug-likeness (QED) is 0.703. The highest BCUT2D eigenvalue weighted by atomic mass is 79.9. The Bertz CT molecular complexity index is 376. The minimum absolute atomic E-state index is 0.732. The molecule has 0 aliphatic carbocycles. The summed E-state index contributed by atoms with van der Waals surface area (Å²) in [5, 5.41) is 9.20. The van der Waals surface area contributed by atoms with Gasteiger partial charge in [0.15, 0.2) is 0 Å². The van der Waals surface area contributed by atoms with Crippen molar-refractivity contribution < 1.29 is 9.68 Å². The van der Waals surface area contributed by atoms with Crippen LogP contribution >= 0.6 is 15.9 Å². The molecule has 1 aliphatic heterocycles. The Morgan fingerprint density at radius 1 is 1.46 bits per heavy atom. The second kappa shape index (κ2) is 3.20. The van der Waals surface area contributed by atoms with E-state index in [0.29, 0.717) is 0 Å². The van der Waals surface area contributed by atoms with Gasteiger partial charge in [-0.25, -0.2) is 0 Å². The highest BCUT2D eigenvalue weighted by molar-refractivity contribution is 9.10. The Hall–Kier alpha value is -0.735. The Kier molecular flexibility index (Phi) is 2.18. The van der Waals surface area contributed by atoms with Crippen LogP contribution in [-0.4, -0.2) is 12.1 Å². The molecule has 1 aliphatic rings. The van der Waals surface area contributed by atoms with Crippen LogP contribution in [0.3, 0.4) is 0 Å². The second-order valence-electron chi connectivity index (χ2n) is 3.01. The normalized spacial score (nSPS) is 13.9. The topological polar surface area (TPSA) is 29.5 Å². The Labute approximate surface area is 85.5 Å². The zero-order valence-corrected chi connectivity index (χ0v) is 8.71. The first-order chi connectivity index (χ1) is 6.16. The Morgan fingerprint density at radius 2 is 2.23 bits per heavy atom. The Balaban J connectivity index is 2.52. The average molecular weight is 239 g/mol. The van der Waals surface area contributed by atoms with Crippen LogP contribution in [0.2, 0.25) is 0 Å². The van der Waals surface area contributed by atoms with E-state index in [9.17, 15) is 5.02 Å². The van der Waals surface area contributed by atoms with Gasteiger partial charge in [-0.3, -0.25) is 0 Å². The van der Waals surface area contributed by atoms with Gasteiger partial charge in [-0.2, -0.15) is 0 Å². The van der Waals surface area contributed by atoms with Gasteiger partial charge in [0, 0.05) is 10.0 Å². The van der Waals surface area contributed by atoms with Gasteiger partial charge in [0.05, 0.1) is 0 Å². The number of benzene rings is 1. The van der Waals surface area contributed by atoms with Gasteiger partial charge in [-0.1, -0.05) is 22.0 Å². The van der Waals surface area contributed by atoms with E-state index >= 15 is 0 Å². The van der Waals surface area contributed by atoms with Gasteiger partial charge >= 0.3 is 7.12 Å². The molecule has 0 fully saturated rings. The maximum atomic E-state index is 9.20. The van der Waals surface area contributed by atoms with Crippen LogP contribution < -0.4 is 4.65 Å². The predicted molar refractivity (Wildman–Crippen MR) is 56.5 cm³/mol. The van der Waals surface area contributed by atoms with Gasteiger partial charge in [0.25, 0.3) is 0 Å². The van der Waals surface area contributed by atoms with E-state index in [0.717, 1.165) is 21.3 Å². The smallest absolute Gasteiger partial charge is 0.532 e. The van der Waals surface area contributed by atoms with Crippen LogP contribution in [0.5, 0.6) is 5.75 Å². The number of hydrogen-bond donors (Lipinski definition) is 1. The molecule has 0 saturated heterocycles. The van der Waals surface area contributed by atoms with Crippen molar-refractivity contribution in [1.29, 1.82) is 0 Å². The van der Waals surface area contributed by atoms with Crippen molar-refractivity contribution in [2.24, 2.45) is 0 Å². The van der Waals surface area contributed by atoms with Crippen LogP contribution in [-0.2, 0) is 0 Å². The molecule has 0 amide bonds. The van der Waals surface area contributed by atoms with Gasteiger partial charge in [-0.05, 0) is 30.6 Å². The minimum Gasteiger partial charge on any atom is -0.532 e.